The average Bonchev–Trinajstić information content (AvgIpc) is 3.34. The van der Waals surface area contributed by atoms with E-state index in [0.29, 0.717) is 23.9 Å². The van der Waals surface area contributed by atoms with E-state index in [1.807, 2.05) is 24.5 Å². The number of methoxy groups -OCH3 is 1. The fourth-order valence-electron chi connectivity index (χ4n) is 9.46. The van der Waals surface area contributed by atoms with Gasteiger partial charge in [0.05, 0.1) is 18.2 Å². The summed E-state index contributed by atoms with van der Waals surface area (Å²) in [6.45, 7) is 6.00. The molecule has 2 aliphatic carbocycles. The Kier molecular flexibility index (Phi) is 8.63. The SMILES string of the molecule is COc1ccc2c(c1)C1[C@H](C)[C@]1(C(=O)N1C(C)CCC1CN(C)C)Cn1c-2c(C2CCCCC2)c2ccc(C(=O)NSN(C)C)cc21. The van der Waals surface area contributed by atoms with Crippen LogP contribution < -0.4 is 9.46 Å². The minimum Gasteiger partial charge on any atom is -0.497 e. The van der Waals surface area contributed by atoms with Gasteiger partial charge in [-0.05, 0) is 114 Å². The van der Waals surface area contributed by atoms with Crippen molar-refractivity contribution in [3.8, 4) is 17.0 Å². The highest BCUT2D eigenvalue weighted by molar-refractivity contribution is 7.95. The molecule has 2 aliphatic heterocycles. The Labute approximate surface area is 284 Å². The van der Waals surface area contributed by atoms with Crippen LogP contribution in [0.1, 0.15) is 92.1 Å². The molecule has 0 radical (unpaired) electrons. The molecule has 1 aromatic heterocycles. The minimum atomic E-state index is -0.565. The number of benzene rings is 2. The molecule has 8 nitrogen and oxygen atoms in total. The number of hydrogen-bond donors (Lipinski definition) is 1. The van der Waals surface area contributed by atoms with Crippen molar-refractivity contribution in [1.29, 1.82) is 0 Å². The van der Waals surface area contributed by atoms with Gasteiger partial charge in [0.2, 0.25) is 5.91 Å². The first-order chi connectivity index (χ1) is 22.6. The van der Waals surface area contributed by atoms with Gasteiger partial charge in [-0.3, -0.25) is 14.3 Å². The highest BCUT2D eigenvalue weighted by atomic mass is 32.2. The molecule has 1 N–H and O–H groups in total. The first-order valence-electron chi connectivity index (χ1n) is 17.5. The number of hydrogen-bond acceptors (Lipinski definition) is 6. The van der Waals surface area contributed by atoms with Crippen molar-refractivity contribution in [2.75, 3.05) is 41.8 Å². The first-order valence-corrected chi connectivity index (χ1v) is 18.3. The lowest BCUT2D eigenvalue weighted by molar-refractivity contribution is -0.141. The molecular formula is C38H51N5O3S. The monoisotopic (exact) mass is 657 g/mol. The van der Waals surface area contributed by atoms with Crippen molar-refractivity contribution >= 4 is 34.9 Å². The van der Waals surface area contributed by atoms with E-state index in [-0.39, 0.29) is 29.8 Å². The summed E-state index contributed by atoms with van der Waals surface area (Å²) in [4.78, 5) is 33.1. The second-order valence-corrected chi connectivity index (χ2v) is 16.2. The molecule has 3 heterocycles. The van der Waals surface area contributed by atoms with Crippen molar-refractivity contribution in [2.45, 2.75) is 89.3 Å². The molecule has 5 atom stereocenters. The predicted molar refractivity (Wildman–Crippen MR) is 191 cm³/mol. The van der Waals surface area contributed by atoms with Crippen LogP contribution in [0, 0.1) is 11.3 Å². The standard InChI is InChI=1S/C38H51N5O3S/c1-23-13-15-27(21-40(3)4)43(23)37(45)38-22-42-32-19-26(36(44)39-47-41(5)6)14-17-30(32)33(25-11-9-8-10-12-25)35(42)29-18-16-28(46-7)20-31(29)34(38)24(38)2/h14,16-20,23-25,27,34H,8-13,15,21-22H2,1-7H3,(H,39,44)/t23?,24-,27?,34?,38+/m0/s1. The van der Waals surface area contributed by atoms with E-state index >= 15 is 4.79 Å². The van der Waals surface area contributed by atoms with Crippen molar-refractivity contribution in [2.24, 2.45) is 11.3 Å². The molecule has 2 aromatic carbocycles. The number of ether oxygens (including phenoxy) is 1. The van der Waals surface area contributed by atoms with Gasteiger partial charge in [-0.1, -0.05) is 32.3 Å². The van der Waals surface area contributed by atoms with E-state index in [1.54, 1.807) is 7.11 Å². The van der Waals surface area contributed by atoms with Gasteiger partial charge in [0.25, 0.3) is 5.91 Å². The molecule has 9 heteroatoms. The Balaban J connectivity index is 1.45. The lowest BCUT2D eigenvalue weighted by Gasteiger charge is -2.34. The zero-order valence-corrected chi connectivity index (χ0v) is 30.0. The lowest BCUT2D eigenvalue weighted by atomic mass is 9.81. The van der Waals surface area contributed by atoms with E-state index in [2.05, 4.69) is 77.4 Å². The third kappa shape index (κ3) is 5.37. The van der Waals surface area contributed by atoms with Gasteiger partial charge in [0, 0.05) is 65.3 Å². The molecule has 47 heavy (non-hydrogen) atoms. The zero-order valence-electron chi connectivity index (χ0n) is 29.1. The molecule has 3 aromatic rings. The van der Waals surface area contributed by atoms with Crippen LogP contribution in [-0.4, -0.2) is 84.4 Å². The van der Waals surface area contributed by atoms with Crippen LogP contribution in [0.4, 0.5) is 0 Å². The molecule has 7 rings (SSSR count). The summed E-state index contributed by atoms with van der Waals surface area (Å²) in [5.74, 6) is 1.75. The summed E-state index contributed by atoms with van der Waals surface area (Å²) in [7, 11) is 9.78. The Hall–Kier alpha value is -3.01. The maximum atomic E-state index is 15.3. The van der Waals surface area contributed by atoms with Gasteiger partial charge in [0.1, 0.15) is 5.75 Å². The van der Waals surface area contributed by atoms with Crippen molar-refractivity contribution in [3.05, 3.63) is 53.1 Å². The highest BCUT2D eigenvalue weighted by Crippen LogP contribution is 2.70. The van der Waals surface area contributed by atoms with E-state index in [0.717, 1.165) is 30.7 Å². The molecule has 4 aliphatic rings. The Morgan fingerprint density at radius 2 is 1.77 bits per heavy atom. The maximum Gasteiger partial charge on any atom is 0.262 e. The van der Waals surface area contributed by atoms with Gasteiger partial charge >= 0.3 is 0 Å². The van der Waals surface area contributed by atoms with Crippen LogP contribution in [0.25, 0.3) is 22.2 Å². The van der Waals surface area contributed by atoms with Gasteiger partial charge in [0.15, 0.2) is 0 Å². The number of carbonyl (C=O) groups is 2. The fraction of sp³-hybridized carbons (Fsp3) is 0.579. The quantitative estimate of drug-likeness (QED) is 0.266. The van der Waals surface area contributed by atoms with Crippen molar-refractivity contribution < 1.29 is 14.3 Å². The van der Waals surface area contributed by atoms with Gasteiger partial charge in [-0.15, -0.1) is 0 Å². The van der Waals surface area contributed by atoms with E-state index in [4.69, 9.17) is 4.74 Å². The highest BCUT2D eigenvalue weighted by Gasteiger charge is 2.70. The first kappa shape index (κ1) is 32.5. The number of fused-ring (bicyclic) bond motifs is 7. The number of likely N-dealkylation sites (N-methyl/N-ethyl adjacent to an activating group) is 1. The number of amides is 2. The molecule has 0 bridgehead atoms. The van der Waals surface area contributed by atoms with Crippen LogP contribution >= 0.6 is 12.1 Å². The van der Waals surface area contributed by atoms with E-state index in [9.17, 15) is 4.79 Å². The largest absolute Gasteiger partial charge is 0.497 e. The predicted octanol–water partition coefficient (Wildman–Crippen LogP) is 6.89. The lowest BCUT2D eigenvalue weighted by Crippen LogP contribution is -2.49. The van der Waals surface area contributed by atoms with Crippen LogP contribution in [0.3, 0.4) is 0 Å². The Bertz CT molecular complexity index is 1690. The van der Waals surface area contributed by atoms with Crippen LogP contribution in [0.2, 0.25) is 0 Å². The second kappa shape index (κ2) is 12.5. The number of aromatic nitrogens is 1. The second-order valence-electron chi connectivity index (χ2n) is 15.1. The summed E-state index contributed by atoms with van der Waals surface area (Å²) >= 11 is 1.28. The fourth-order valence-corrected chi connectivity index (χ4v) is 9.85. The topological polar surface area (TPSA) is 70.0 Å². The average molecular weight is 658 g/mol. The van der Waals surface area contributed by atoms with E-state index < -0.39 is 5.41 Å². The normalized spacial score (nSPS) is 27.0. The third-order valence-corrected chi connectivity index (χ3v) is 12.4. The van der Waals surface area contributed by atoms with E-state index in [1.165, 1.54) is 72.0 Å². The summed E-state index contributed by atoms with van der Waals surface area (Å²) in [5.41, 5.74) is 6.25. The minimum absolute atomic E-state index is 0.102. The van der Waals surface area contributed by atoms with Crippen LogP contribution in [-0.2, 0) is 11.3 Å². The molecule has 1 saturated heterocycles. The van der Waals surface area contributed by atoms with Crippen LogP contribution in [0.5, 0.6) is 5.75 Å². The molecule has 3 unspecified atom stereocenters. The van der Waals surface area contributed by atoms with Gasteiger partial charge in [-0.2, -0.15) is 0 Å². The number of nitrogens with zero attached hydrogens (tertiary/aromatic N) is 4. The molecule has 0 spiro atoms. The third-order valence-electron chi connectivity index (χ3n) is 11.7. The van der Waals surface area contributed by atoms with Gasteiger partial charge < -0.3 is 19.1 Å². The number of likely N-dealkylation sites (tertiary alicyclic amines) is 1. The maximum absolute atomic E-state index is 15.3. The Morgan fingerprint density at radius 1 is 1.00 bits per heavy atom. The van der Waals surface area contributed by atoms with Gasteiger partial charge in [-0.25, -0.2) is 4.31 Å². The number of carbonyl (C=O) groups excluding carboxylic acids is 2. The molecular weight excluding hydrogens is 607 g/mol. The summed E-state index contributed by atoms with van der Waals surface area (Å²) in [6.07, 6.45) is 8.16. The molecule has 2 saturated carbocycles. The number of nitrogens with one attached hydrogen (secondary N) is 1. The molecule has 3 fully saturated rings. The molecule has 252 valence electrons. The summed E-state index contributed by atoms with van der Waals surface area (Å²) in [6, 6.07) is 13.2. The Morgan fingerprint density at radius 3 is 2.47 bits per heavy atom. The van der Waals surface area contributed by atoms with Crippen LogP contribution in [0.15, 0.2) is 36.4 Å². The molecule has 2 amide bonds. The number of rotatable bonds is 8. The van der Waals surface area contributed by atoms with Crippen molar-refractivity contribution in [3.63, 3.8) is 0 Å². The zero-order chi connectivity index (χ0) is 33.2. The van der Waals surface area contributed by atoms with Crippen molar-refractivity contribution in [1.82, 2.24) is 23.4 Å². The smallest absolute Gasteiger partial charge is 0.262 e. The summed E-state index contributed by atoms with van der Waals surface area (Å²) < 4.78 is 13.1. The summed E-state index contributed by atoms with van der Waals surface area (Å²) in [5, 5.41) is 1.22.